The van der Waals surface area contributed by atoms with E-state index in [-0.39, 0.29) is 11.4 Å². The monoisotopic (exact) mass is 254 g/mol. The molecule has 0 aliphatic rings. The number of nitrogens with two attached hydrogens (primary N) is 1. The van der Waals surface area contributed by atoms with Crippen LogP contribution in [0.1, 0.15) is 13.8 Å². The van der Waals surface area contributed by atoms with Gasteiger partial charge in [-0.05, 0) is 30.2 Å². The molecule has 0 saturated carbocycles. The first-order valence-electron chi connectivity index (χ1n) is 6.16. The van der Waals surface area contributed by atoms with E-state index in [1.165, 1.54) is 12.1 Å². The molecule has 0 bridgehead atoms. The first-order valence-corrected chi connectivity index (χ1v) is 6.16. The highest BCUT2D eigenvalue weighted by Crippen LogP contribution is 2.29. The molecular weight excluding hydrogens is 231 g/mol. The number of methoxy groups -OCH3 is 1. The SMILES string of the molecule is COCC(CN)(C(C)C)N(C)c1ccc(F)cc1. The lowest BCUT2D eigenvalue weighted by Gasteiger charge is -2.45. The summed E-state index contributed by atoms with van der Waals surface area (Å²) in [4.78, 5) is 2.08. The van der Waals surface area contributed by atoms with Crippen molar-refractivity contribution in [1.82, 2.24) is 0 Å². The van der Waals surface area contributed by atoms with E-state index in [0.29, 0.717) is 19.1 Å². The van der Waals surface area contributed by atoms with Crippen molar-refractivity contribution < 1.29 is 9.13 Å². The normalized spacial score (nSPS) is 14.6. The third kappa shape index (κ3) is 2.82. The molecule has 2 N–H and O–H groups in total. The Morgan fingerprint density at radius 1 is 1.33 bits per heavy atom. The standard InChI is InChI=1S/C14H23FN2O/c1-11(2)14(9-16,10-18-4)17(3)13-7-5-12(15)6-8-13/h5-8,11H,9-10,16H2,1-4H3. The Hall–Kier alpha value is -1.13. The number of halogens is 1. The first kappa shape index (κ1) is 14.9. The van der Waals surface area contributed by atoms with Gasteiger partial charge in [0.15, 0.2) is 0 Å². The van der Waals surface area contributed by atoms with Gasteiger partial charge in [0.2, 0.25) is 0 Å². The van der Waals surface area contributed by atoms with E-state index >= 15 is 0 Å². The Labute approximate surface area is 109 Å². The summed E-state index contributed by atoms with van der Waals surface area (Å²) in [7, 11) is 3.64. The molecule has 0 radical (unpaired) electrons. The fourth-order valence-electron chi connectivity index (χ4n) is 2.25. The molecule has 1 rings (SSSR count). The molecule has 1 unspecified atom stereocenters. The van der Waals surface area contributed by atoms with E-state index in [1.807, 2.05) is 7.05 Å². The summed E-state index contributed by atoms with van der Waals surface area (Å²) in [6.07, 6.45) is 0. The minimum Gasteiger partial charge on any atom is -0.382 e. The summed E-state index contributed by atoms with van der Waals surface area (Å²) >= 11 is 0. The fraction of sp³-hybridized carbons (Fsp3) is 0.571. The molecule has 0 amide bonds. The van der Waals surface area contributed by atoms with Crippen molar-refractivity contribution in [2.75, 3.05) is 32.2 Å². The van der Waals surface area contributed by atoms with Crippen LogP contribution >= 0.6 is 0 Å². The van der Waals surface area contributed by atoms with Crippen molar-refractivity contribution in [1.29, 1.82) is 0 Å². The number of anilines is 1. The highest BCUT2D eigenvalue weighted by atomic mass is 19.1. The van der Waals surface area contributed by atoms with Crippen molar-refractivity contribution in [3.63, 3.8) is 0 Å². The molecule has 1 aromatic rings. The van der Waals surface area contributed by atoms with Crippen molar-refractivity contribution >= 4 is 5.69 Å². The van der Waals surface area contributed by atoms with Gasteiger partial charge in [0.1, 0.15) is 5.82 Å². The summed E-state index contributed by atoms with van der Waals surface area (Å²) in [5.74, 6) is 0.0827. The maximum absolute atomic E-state index is 13.0. The zero-order valence-corrected chi connectivity index (χ0v) is 11.6. The third-order valence-corrected chi connectivity index (χ3v) is 3.70. The zero-order chi connectivity index (χ0) is 13.8. The van der Waals surface area contributed by atoms with Gasteiger partial charge in [0.05, 0.1) is 12.1 Å². The molecule has 0 aliphatic heterocycles. The van der Waals surface area contributed by atoms with Crippen LogP contribution in [0.4, 0.5) is 10.1 Å². The molecule has 0 spiro atoms. The van der Waals surface area contributed by atoms with Crippen molar-refractivity contribution in [3.8, 4) is 0 Å². The lowest BCUT2D eigenvalue weighted by Crippen LogP contribution is -2.59. The molecule has 1 aromatic carbocycles. The third-order valence-electron chi connectivity index (χ3n) is 3.70. The van der Waals surface area contributed by atoms with Gasteiger partial charge in [-0.3, -0.25) is 0 Å². The number of hydrogen-bond donors (Lipinski definition) is 1. The second-order valence-electron chi connectivity index (χ2n) is 4.93. The molecule has 102 valence electrons. The molecule has 0 fully saturated rings. The smallest absolute Gasteiger partial charge is 0.123 e. The summed E-state index contributed by atoms with van der Waals surface area (Å²) < 4.78 is 18.3. The van der Waals surface area contributed by atoms with Gasteiger partial charge < -0.3 is 15.4 Å². The number of ether oxygens (including phenoxy) is 1. The highest BCUT2D eigenvalue weighted by Gasteiger charge is 2.37. The van der Waals surface area contributed by atoms with Crippen molar-refractivity contribution in [2.24, 2.45) is 11.7 Å². The molecule has 0 aliphatic carbocycles. The average Bonchev–Trinajstić information content (AvgIpc) is 2.35. The Bertz CT molecular complexity index is 367. The molecule has 3 nitrogen and oxygen atoms in total. The van der Waals surface area contributed by atoms with Gasteiger partial charge in [-0.1, -0.05) is 13.8 Å². The molecule has 0 saturated heterocycles. The van der Waals surface area contributed by atoms with Gasteiger partial charge in [-0.2, -0.15) is 0 Å². The van der Waals surface area contributed by atoms with Gasteiger partial charge in [0, 0.05) is 26.4 Å². The molecule has 1 atom stereocenters. The minimum atomic E-state index is -0.285. The maximum Gasteiger partial charge on any atom is 0.123 e. The van der Waals surface area contributed by atoms with Crippen molar-refractivity contribution in [3.05, 3.63) is 30.1 Å². The van der Waals surface area contributed by atoms with Crippen LogP contribution in [0.3, 0.4) is 0 Å². The van der Waals surface area contributed by atoms with Crippen LogP contribution in [0.5, 0.6) is 0 Å². The lowest BCUT2D eigenvalue weighted by atomic mass is 9.85. The molecule has 4 heteroatoms. The first-order chi connectivity index (χ1) is 8.47. The van der Waals surface area contributed by atoms with Crippen LogP contribution in [0.2, 0.25) is 0 Å². The molecule has 18 heavy (non-hydrogen) atoms. The zero-order valence-electron chi connectivity index (χ0n) is 11.6. The number of likely N-dealkylation sites (N-methyl/N-ethyl adjacent to an activating group) is 1. The molecular formula is C14H23FN2O. The average molecular weight is 254 g/mol. The van der Waals surface area contributed by atoms with Gasteiger partial charge in [-0.15, -0.1) is 0 Å². The number of nitrogens with zero attached hydrogens (tertiary/aromatic N) is 1. The Morgan fingerprint density at radius 3 is 2.28 bits per heavy atom. The van der Waals surface area contributed by atoms with Crippen molar-refractivity contribution in [2.45, 2.75) is 19.4 Å². The minimum absolute atomic E-state index is 0.234. The second-order valence-corrected chi connectivity index (χ2v) is 4.93. The Kier molecular flexibility index (Phi) is 5.11. The maximum atomic E-state index is 13.0. The van der Waals surface area contributed by atoms with Crippen LogP contribution in [0, 0.1) is 11.7 Å². The van der Waals surface area contributed by atoms with Gasteiger partial charge in [-0.25, -0.2) is 4.39 Å². The molecule has 0 heterocycles. The summed E-state index contributed by atoms with van der Waals surface area (Å²) in [6.45, 7) is 5.25. The number of hydrogen-bond acceptors (Lipinski definition) is 3. The predicted octanol–water partition coefficient (Wildman–Crippen LogP) is 2.26. The quantitative estimate of drug-likeness (QED) is 0.846. The van der Waals surface area contributed by atoms with E-state index in [2.05, 4.69) is 18.7 Å². The Balaban J connectivity index is 3.08. The molecule has 0 aromatic heterocycles. The van der Waals surface area contributed by atoms with Crippen LogP contribution in [0.15, 0.2) is 24.3 Å². The lowest BCUT2D eigenvalue weighted by molar-refractivity contribution is 0.106. The van der Waals surface area contributed by atoms with Crippen LogP contribution < -0.4 is 10.6 Å². The van der Waals surface area contributed by atoms with E-state index in [4.69, 9.17) is 10.5 Å². The summed E-state index contributed by atoms with van der Waals surface area (Å²) in [6, 6.07) is 6.44. The predicted molar refractivity (Wildman–Crippen MR) is 73.3 cm³/mol. The van der Waals surface area contributed by atoms with Gasteiger partial charge >= 0.3 is 0 Å². The van der Waals surface area contributed by atoms with E-state index in [0.717, 1.165) is 5.69 Å². The fourth-order valence-corrected chi connectivity index (χ4v) is 2.25. The van der Waals surface area contributed by atoms with E-state index < -0.39 is 0 Å². The van der Waals surface area contributed by atoms with E-state index in [9.17, 15) is 4.39 Å². The second kappa shape index (κ2) is 6.16. The number of benzene rings is 1. The Morgan fingerprint density at radius 2 is 1.89 bits per heavy atom. The van der Waals surface area contributed by atoms with Crippen LogP contribution in [0.25, 0.3) is 0 Å². The largest absolute Gasteiger partial charge is 0.382 e. The summed E-state index contributed by atoms with van der Waals surface area (Å²) in [5, 5.41) is 0. The topological polar surface area (TPSA) is 38.5 Å². The van der Waals surface area contributed by atoms with E-state index in [1.54, 1.807) is 19.2 Å². The highest BCUT2D eigenvalue weighted by molar-refractivity contribution is 5.48. The van der Waals surface area contributed by atoms with Crippen LogP contribution in [-0.2, 0) is 4.74 Å². The van der Waals surface area contributed by atoms with Gasteiger partial charge in [0.25, 0.3) is 0 Å². The van der Waals surface area contributed by atoms with Crippen LogP contribution in [-0.4, -0.2) is 32.8 Å². The summed E-state index contributed by atoms with van der Waals surface area (Å²) in [5.41, 5.74) is 6.62. The number of rotatable bonds is 6.